The maximum Gasteiger partial charge on any atom is 0.226 e. The zero-order chi connectivity index (χ0) is 17.6. The van der Waals surface area contributed by atoms with Gasteiger partial charge >= 0.3 is 0 Å². The van der Waals surface area contributed by atoms with Gasteiger partial charge in [0.1, 0.15) is 0 Å². The van der Waals surface area contributed by atoms with Gasteiger partial charge in [-0.25, -0.2) is 0 Å². The molecule has 0 saturated carbocycles. The van der Waals surface area contributed by atoms with Crippen LogP contribution in [0.3, 0.4) is 0 Å². The van der Waals surface area contributed by atoms with Crippen LogP contribution < -0.4 is 4.90 Å². The van der Waals surface area contributed by atoms with Gasteiger partial charge in [0.25, 0.3) is 0 Å². The molecule has 2 fully saturated rings. The largest absolute Gasteiger partial charge is 0.394 e. The number of likely N-dealkylation sites (N-methyl/N-ethyl adjacent to an activating group) is 1. The van der Waals surface area contributed by atoms with Crippen LogP contribution in [0.25, 0.3) is 0 Å². The summed E-state index contributed by atoms with van der Waals surface area (Å²) in [5.41, 5.74) is 2.32. The minimum Gasteiger partial charge on any atom is -0.394 e. The lowest BCUT2D eigenvalue weighted by Gasteiger charge is -2.45. The Labute approximate surface area is 157 Å². The van der Waals surface area contributed by atoms with Crippen molar-refractivity contribution >= 4 is 27.5 Å². The first-order valence-electron chi connectivity index (χ1n) is 9.13. The summed E-state index contributed by atoms with van der Waals surface area (Å²) in [5, 5.41) is 9.99. The lowest BCUT2D eigenvalue weighted by Crippen LogP contribution is -2.49. The Morgan fingerprint density at radius 2 is 2.08 bits per heavy atom. The Kier molecular flexibility index (Phi) is 4.77. The Morgan fingerprint density at radius 1 is 1.32 bits per heavy atom. The van der Waals surface area contributed by atoms with Crippen LogP contribution in [-0.2, 0) is 9.53 Å². The summed E-state index contributed by atoms with van der Waals surface area (Å²) in [6, 6.07) is 6.40. The zero-order valence-corrected chi connectivity index (χ0v) is 16.1. The molecule has 3 heterocycles. The molecule has 5 nitrogen and oxygen atoms in total. The molecular weight excluding hydrogens is 384 g/mol. The molecule has 2 saturated heterocycles. The number of carbonyl (C=O) groups is 1. The van der Waals surface area contributed by atoms with E-state index in [0.717, 1.165) is 36.0 Å². The van der Waals surface area contributed by atoms with E-state index in [9.17, 15) is 9.90 Å². The number of aliphatic hydroxyl groups excluding tert-OH is 1. The summed E-state index contributed by atoms with van der Waals surface area (Å²) >= 11 is 3.59. The summed E-state index contributed by atoms with van der Waals surface area (Å²) in [6.45, 7) is 2.26. The number of likely N-dealkylation sites (tertiary alicyclic amines) is 1. The van der Waals surface area contributed by atoms with E-state index < -0.39 is 0 Å². The first-order chi connectivity index (χ1) is 12.1. The van der Waals surface area contributed by atoms with E-state index in [1.165, 1.54) is 5.56 Å². The second-order valence-corrected chi connectivity index (χ2v) is 8.30. The van der Waals surface area contributed by atoms with Crippen molar-refractivity contribution in [2.24, 2.45) is 11.8 Å². The number of fused-ring (bicyclic) bond motifs is 3. The van der Waals surface area contributed by atoms with Crippen LogP contribution in [0.2, 0.25) is 0 Å². The smallest absolute Gasteiger partial charge is 0.226 e. The quantitative estimate of drug-likeness (QED) is 0.816. The fourth-order valence-corrected chi connectivity index (χ4v) is 5.23. The molecular formula is C19H25BrN2O3. The van der Waals surface area contributed by atoms with Crippen LogP contribution in [0.15, 0.2) is 22.7 Å². The molecule has 0 aromatic heterocycles. The molecule has 25 heavy (non-hydrogen) atoms. The van der Waals surface area contributed by atoms with E-state index in [-0.39, 0.29) is 36.4 Å². The standard InChI is InChI=1S/C19H25BrN2O3/c1-21-16-3-2-13(20)10-15(16)18-14(17(21)11-23)4-7-22(18)19(24)12-5-8-25-9-6-12/h2-3,10,12,14,17-18,23H,4-9,11H2,1H3/t14-,17-,18-/m1/s1. The van der Waals surface area contributed by atoms with Crippen LogP contribution in [0, 0.1) is 11.8 Å². The van der Waals surface area contributed by atoms with Gasteiger partial charge in [0.2, 0.25) is 5.91 Å². The fourth-order valence-electron chi connectivity index (χ4n) is 4.85. The molecule has 3 aliphatic rings. The SMILES string of the molecule is CN1c2ccc(Br)cc2[C@H]2[C@H](CCN2C(=O)C2CCOCC2)[C@H]1CO. The Morgan fingerprint density at radius 3 is 2.80 bits per heavy atom. The fraction of sp³-hybridized carbons (Fsp3) is 0.632. The van der Waals surface area contributed by atoms with Gasteiger partial charge in [-0.1, -0.05) is 15.9 Å². The normalized spacial score (nSPS) is 29.5. The van der Waals surface area contributed by atoms with Gasteiger partial charge < -0.3 is 19.6 Å². The summed E-state index contributed by atoms with van der Waals surface area (Å²) in [6.07, 6.45) is 2.59. The molecule has 1 aromatic rings. The molecule has 4 rings (SSSR count). The van der Waals surface area contributed by atoms with Crippen molar-refractivity contribution in [3.05, 3.63) is 28.2 Å². The maximum atomic E-state index is 13.2. The van der Waals surface area contributed by atoms with E-state index in [4.69, 9.17) is 4.74 Å². The predicted octanol–water partition coefficient (Wildman–Crippen LogP) is 2.58. The second kappa shape index (κ2) is 6.89. The van der Waals surface area contributed by atoms with E-state index in [1.54, 1.807) is 0 Å². The van der Waals surface area contributed by atoms with Gasteiger partial charge in [-0.3, -0.25) is 4.79 Å². The third kappa shape index (κ3) is 2.88. The first-order valence-corrected chi connectivity index (χ1v) is 9.92. The molecule has 3 atom stereocenters. The van der Waals surface area contributed by atoms with Crippen molar-refractivity contribution in [3.8, 4) is 0 Å². The van der Waals surface area contributed by atoms with E-state index in [1.807, 2.05) is 13.1 Å². The number of carbonyl (C=O) groups excluding carboxylic acids is 1. The number of anilines is 1. The van der Waals surface area contributed by atoms with Gasteiger partial charge in [-0.05, 0) is 43.0 Å². The van der Waals surface area contributed by atoms with Crippen LogP contribution >= 0.6 is 15.9 Å². The van der Waals surface area contributed by atoms with Crippen molar-refractivity contribution < 1.29 is 14.6 Å². The number of hydrogen-bond donors (Lipinski definition) is 1. The van der Waals surface area contributed by atoms with Crippen molar-refractivity contribution in [1.82, 2.24) is 4.90 Å². The van der Waals surface area contributed by atoms with Gasteiger partial charge in [0, 0.05) is 48.8 Å². The second-order valence-electron chi connectivity index (χ2n) is 7.38. The Hall–Kier alpha value is -1.11. The number of amides is 1. The molecule has 0 aliphatic carbocycles. The number of hydrogen-bond acceptors (Lipinski definition) is 4. The third-order valence-corrected chi connectivity index (χ3v) is 6.66. The van der Waals surface area contributed by atoms with Crippen molar-refractivity contribution in [2.75, 3.05) is 38.3 Å². The number of halogens is 1. The molecule has 1 amide bonds. The molecule has 136 valence electrons. The van der Waals surface area contributed by atoms with Gasteiger partial charge in [-0.15, -0.1) is 0 Å². The molecule has 3 aliphatic heterocycles. The highest BCUT2D eigenvalue weighted by Crippen LogP contribution is 2.49. The molecule has 0 spiro atoms. The summed E-state index contributed by atoms with van der Waals surface area (Å²) in [4.78, 5) is 17.5. The van der Waals surface area contributed by atoms with Crippen molar-refractivity contribution in [1.29, 1.82) is 0 Å². The Balaban J connectivity index is 1.71. The number of aliphatic hydroxyl groups is 1. The minimum atomic E-state index is 0.0613. The molecule has 0 unspecified atom stereocenters. The minimum absolute atomic E-state index is 0.0613. The van der Waals surface area contributed by atoms with Crippen LogP contribution in [0.4, 0.5) is 5.69 Å². The summed E-state index contributed by atoms with van der Waals surface area (Å²) in [5.74, 6) is 0.624. The molecule has 0 radical (unpaired) electrons. The maximum absolute atomic E-state index is 13.2. The van der Waals surface area contributed by atoms with Crippen LogP contribution in [-0.4, -0.2) is 55.4 Å². The highest BCUT2D eigenvalue weighted by molar-refractivity contribution is 9.10. The lowest BCUT2D eigenvalue weighted by atomic mass is 9.81. The zero-order valence-electron chi connectivity index (χ0n) is 14.5. The first kappa shape index (κ1) is 17.3. The van der Waals surface area contributed by atoms with Crippen LogP contribution in [0.1, 0.15) is 30.9 Å². The van der Waals surface area contributed by atoms with Crippen molar-refractivity contribution in [3.63, 3.8) is 0 Å². The monoisotopic (exact) mass is 408 g/mol. The molecule has 6 heteroatoms. The van der Waals surface area contributed by atoms with Gasteiger partial charge in [0.15, 0.2) is 0 Å². The lowest BCUT2D eigenvalue weighted by molar-refractivity contribution is -0.140. The molecule has 0 bridgehead atoms. The van der Waals surface area contributed by atoms with Gasteiger partial charge in [-0.2, -0.15) is 0 Å². The summed E-state index contributed by atoms with van der Waals surface area (Å²) < 4.78 is 6.46. The van der Waals surface area contributed by atoms with E-state index >= 15 is 0 Å². The van der Waals surface area contributed by atoms with E-state index in [0.29, 0.717) is 13.2 Å². The van der Waals surface area contributed by atoms with Crippen LogP contribution in [0.5, 0.6) is 0 Å². The topological polar surface area (TPSA) is 53.0 Å². The van der Waals surface area contributed by atoms with Crippen molar-refractivity contribution in [2.45, 2.75) is 31.3 Å². The predicted molar refractivity (Wildman–Crippen MR) is 99.5 cm³/mol. The third-order valence-electron chi connectivity index (χ3n) is 6.17. The summed E-state index contributed by atoms with van der Waals surface area (Å²) in [7, 11) is 2.05. The highest BCUT2D eigenvalue weighted by atomic mass is 79.9. The average molecular weight is 409 g/mol. The number of rotatable bonds is 2. The average Bonchev–Trinajstić information content (AvgIpc) is 3.07. The molecule has 1 aromatic carbocycles. The number of ether oxygens (including phenoxy) is 1. The van der Waals surface area contributed by atoms with Gasteiger partial charge in [0.05, 0.1) is 18.7 Å². The highest BCUT2D eigenvalue weighted by Gasteiger charge is 2.48. The molecule has 1 N–H and O–H groups in total. The Bertz CT molecular complexity index is 662. The van der Waals surface area contributed by atoms with E-state index in [2.05, 4.69) is 37.9 Å². The number of nitrogens with zero attached hydrogens (tertiary/aromatic N) is 2. The number of benzene rings is 1.